The summed E-state index contributed by atoms with van der Waals surface area (Å²) in [6.45, 7) is 9.00. The standard InChI is InChI=1S/C13H21N3O/c1-3-7-16(8-9-17)13-11-15-6-5-12(13)10-14-4-2/h3,5-6,11,14,17H,1,4,7-10H2,2H3. The lowest BCUT2D eigenvalue weighted by Gasteiger charge is -2.24. The van der Waals surface area contributed by atoms with Crippen molar-refractivity contribution < 1.29 is 5.11 Å². The van der Waals surface area contributed by atoms with Crippen LogP contribution in [0.1, 0.15) is 12.5 Å². The number of aliphatic hydroxyl groups excluding tert-OH is 1. The van der Waals surface area contributed by atoms with Gasteiger partial charge in [0, 0.05) is 25.8 Å². The van der Waals surface area contributed by atoms with Crippen molar-refractivity contribution in [3.63, 3.8) is 0 Å². The zero-order chi connectivity index (χ0) is 12.5. The first-order valence-corrected chi connectivity index (χ1v) is 5.93. The molecule has 0 saturated carbocycles. The van der Waals surface area contributed by atoms with E-state index >= 15 is 0 Å². The van der Waals surface area contributed by atoms with E-state index in [1.54, 1.807) is 6.20 Å². The van der Waals surface area contributed by atoms with Crippen molar-refractivity contribution in [1.82, 2.24) is 10.3 Å². The number of aromatic nitrogens is 1. The van der Waals surface area contributed by atoms with Gasteiger partial charge in [0.15, 0.2) is 0 Å². The van der Waals surface area contributed by atoms with Crippen molar-refractivity contribution in [1.29, 1.82) is 0 Å². The Hall–Kier alpha value is -1.39. The van der Waals surface area contributed by atoms with Crippen LogP contribution in [0.15, 0.2) is 31.1 Å². The van der Waals surface area contributed by atoms with Crippen LogP contribution in [0.25, 0.3) is 0 Å². The number of anilines is 1. The molecule has 94 valence electrons. The van der Waals surface area contributed by atoms with E-state index < -0.39 is 0 Å². The van der Waals surface area contributed by atoms with Crippen LogP contribution in [0.3, 0.4) is 0 Å². The van der Waals surface area contributed by atoms with Crippen LogP contribution in [-0.4, -0.2) is 36.3 Å². The Morgan fingerprint density at radius 2 is 2.41 bits per heavy atom. The minimum absolute atomic E-state index is 0.128. The van der Waals surface area contributed by atoms with E-state index in [9.17, 15) is 0 Å². The molecule has 0 radical (unpaired) electrons. The van der Waals surface area contributed by atoms with Crippen molar-refractivity contribution in [3.8, 4) is 0 Å². The van der Waals surface area contributed by atoms with Gasteiger partial charge in [-0.1, -0.05) is 13.0 Å². The highest BCUT2D eigenvalue weighted by atomic mass is 16.3. The van der Waals surface area contributed by atoms with E-state index in [4.69, 9.17) is 5.11 Å². The van der Waals surface area contributed by atoms with Gasteiger partial charge in [-0.25, -0.2) is 0 Å². The number of hydrogen-bond donors (Lipinski definition) is 2. The highest BCUT2D eigenvalue weighted by molar-refractivity contribution is 5.52. The number of rotatable bonds is 8. The molecule has 0 atom stereocenters. The molecule has 1 aromatic rings. The van der Waals surface area contributed by atoms with Gasteiger partial charge < -0.3 is 15.3 Å². The summed E-state index contributed by atoms with van der Waals surface area (Å²) >= 11 is 0. The molecule has 1 aromatic heterocycles. The van der Waals surface area contributed by atoms with E-state index in [2.05, 4.69) is 28.7 Å². The molecule has 0 saturated heterocycles. The third-order valence-electron chi connectivity index (χ3n) is 2.51. The Bertz CT molecular complexity index is 341. The topological polar surface area (TPSA) is 48.4 Å². The molecule has 17 heavy (non-hydrogen) atoms. The lowest BCUT2D eigenvalue weighted by atomic mass is 10.2. The predicted molar refractivity (Wildman–Crippen MR) is 71.1 cm³/mol. The molecule has 0 fully saturated rings. The van der Waals surface area contributed by atoms with Crippen LogP contribution in [0.5, 0.6) is 0 Å². The highest BCUT2D eigenvalue weighted by Crippen LogP contribution is 2.18. The van der Waals surface area contributed by atoms with Gasteiger partial charge >= 0.3 is 0 Å². The van der Waals surface area contributed by atoms with Crippen LogP contribution in [0.4, 0.5) is 5.69 Å². The number of aliphatic hydroxyl groups is 1. The number of hydrogen-bond acceptors (Lipinski definition) is 4. The highest BCUT2D eigenvalue weighted by Gasteiger charge is 2.09. The molecule has 4 nitrogen and oxygen atoms in total. The molecule has 0 aromatic carbocycles. The van der Waals surface area contributed by atoms with Crippen LogP contribution < -0.4 is 10.2 Å². The molecule has 0 aliphatic heterocycles. The summed E-state index contributed by atoms with van der Waals surface area (Å²) in [5.41, 5.74) is 2.25. The number of nitrogens with one attached hydrogen (secondary N) is 1. The zero-order valence-electron chi connectivity index (χ0n) is 10.4. The van der Waals surface area contributed by atoms with E-state index in [0.29, 0.717) is 13.1 Å². The summed E-state index contributed by atoms with van der Waals surface area (Å²) in [5.74, 6) is 0. The smallest absolute Gasteiger partial charge is 0.0606 e. The average Bonchev–Trinajstić information content (AvgIpc) is 2.36. The molecular weight excluding hydrogens is 214 g/mol. The Morgan fingerprint density at radius 1 is 1.59 bits per heavy atom. The second kappa shape index (κ2) is 7.81. The lowest BCUT2D eigenvalue weighted by Crippen LogP contribution is -2.28. The first kappa shape index (κ1) is 13.7. The minimum Gasteiger partial charge on any atom is -0.395 e. The third kappa shape index (κ3) is 4.17. The van der Waals surface area contributed by atoms with Crippen molar-refractivity contribution in [2.45, 2.75) is 13.5 Å². The molecule has 1 rings (SSSR count). The summed E-state index contributed by atoms with van der Waals surface area (Å²) in [6.07, 6.45) is 5.47. The predicted octanol–water partition coefficient (Wildman–Crippen LogP) is 1.18. The molecule has 4 heteroatoms. The van der Waals surface area contributed by atoms with E-state index in [1.807, 2.05) is 18.3 Å². The molecule has 2 N–H and O–H groups in total. The van der Waals surface area contributed by atoms with Gasteiger partial charge in [0.2, 0.25) is 0 Å². The van der Waals surface area contributed by atoms with Crippen molar-refractivity contribution >= 4 is 5.69 Å². The van der Waals surface area contributed by atoms with Crippen LogP contribution in [0.2, 0.25) is 0 Å². The Kier molecular flexibility index (Phi) is 6.29. The fourth-order valence-electron chi connectivity index (χ4n) is 1.70. The summed E-state index contributed by atoms with van der Waals surface area (Å²) in [5, 5.41) is 12.4. The van der Waals surface area contributed by atoms with Crippen LogP contribution in [-0.2, 0) is 6.54 Å². The molecule has 0 aliphatic carbocycles. The SMILES string of the molecule is C=CCN(CCO)c1cnccc1CNCC. The van der Waals surface area contributed by atoms with Gasteiger partial charge in [0.1, 0.15) is 0 Å². The molecule has 0 spiro atoms. The van der Waals surface area contributed by atoms with Crippen molar-refractivity contribution in [2.75, 3.05) is 31.1 Å². The lowest BCUT2D eigenvalue weighted by molar-refractivity contribution is 0.303. The molecular formula is C13H21N3O. The Morgan fingerprint density at radius 3 is 3.06 bits per heavy atom. The summed E-state index contributed by atoms with van der Waals surface area (Å²) < 4.78 is 0. The maximum absolute atomic E-state index is 9.08. The fraction of sp³-hybridized carbons (Fsp3) is 0.462. The number of nitrogens with zero attached hydrogens (tertiary/aromatic N) is 2. The van der Waals surface area contributed by atoms with Gasteiger partial charge in [-0.3, -0.25) is 4.98 Å². The minimum atomic E-state index is 0.128. The summed E-state index contributed by atoms with van der Waals surface area (Å²) in [4.78, 5) is 6.23. The van der Waals surface area contributed by atoms with Crippen molar-refractivity contribution in [3.05, 3.63) is 36.7 Å². The quantitative estimate of drug-likeness (QED) is 0.664. The van der Waals surface area contributed by atoms with Crippen LogP contribution >= 0.6 is 0 Å². The molecule has 0 amide bonds. The van der Waals surface area contributed by atoms with E-state index in [0.717, 1.165) is 18.8 Å². The Balaban J connectivity index is 2.87. The second-order valence-electron chi connectivity index (χ2n) is 3.74. The zero-order valence-corrected chi connectivity index (χ0v) is 10.4. The largest absolute Gasteiger partial charge is 0.395 e. The first-order valence-electron chi connectivity index (χ1n) is 5.93. The average molecular weight is 235 g/mol. The van der Waals surface area contributed by atoms with Gasteiger partial charge in [-0.2, -0.15) is 0 Å². The molecule has 1 heterocycles. The first-order chi connectivity index (χ1) is 8.33. The maximum atomic E-state index is 9.08. The normalized spacial score (nSPS) is 10.2. The maximum Gasteiger partial charge on any atom is 0.0606 e. The van der Waals surface area contributed by atoms with Gasteiger partial charge in [0.05, 0.1) is 18.5 Å². The van der Waals surface area contributed by atoms with Gasteiger partial charge in [0.25, 0.3) is 0 Å². The Labute approximate surface area is 103 Å². The van der Waals surface area contributed by atoms with E-state index in [-0.39, 0.29) is 6.61 Å². The van der Waals surface area contributed by atoms with Gasteiger partial charge in [-0.05, 0) is 18.2 Å². The third-order valence-corrected chi connectivity index (χ3v) is 2.51. The monoisotopic (exact) mass is 235 g/mol. The summed E-state index contributed by atoms with van der Waals surface area (Å²) in [6, 6.07) is 2.01. The van der Waals surface area contributed by atoms with E-state index in [1.165, 1.54) is 5.56 Å². The van der Waals surface area contributed by atoms with Gasteiger partial charge in [-0.15, -0.1) is 6.58 Å². The second-order valence-corrected chi connectivity index (χ2v) is 3.74. The van der Waals surface area contributed by atoms with Crippen molar-refractivity contribution in [2.24, 2.45) is 0 Å². The molecule has 0 bridgehead atoms. The fourth-order valence-corrected chi connectivity index (χ4v) is 1.70. The summed E-state index contributed by atoms with van der Waals surface area (Å²) in [7, 11) is 0. The molecule has 0 aliphatic rings. The number of pyridine rings is 1. The van der Waals surface area contributed by atoms with Crippen LogP contribution in [0, 0.1) is 0 Å². The molecule has 0 unspecified atom stereocenters.